The fourth-order valence-electron chi connectivity index (χ4n) is 3.88. The maximum absolute atomic E-state index is 12.4. The van der Waals surface area contributed by atoms with Gasteiger partial charge in [0.1, 0.15) is 17.4 Å². The molecular weight excluding hydrogens is 468 g/mol. The lowest BCUT2D eigenvalue weighted by Gasteiger charge is -2.19. The lowest BCUT2D eigenvalue weighted by molar-refractivity contribution is -0.113. The molecule has 34 heavy (non-hydrogen) atoms. The van der Waals surface area contributed by atoms with Crippen molar-refractivity contribution in [1.29, 1.82) is 0 Å². The van der Waals surface area contributed by atoms with Gasteiger partial charge in [0.25, 0.3) is 0 Å². The molecule has 0 atom stereocenters. The molecule has 1 aromatic carbocycles. The SMILES string of the molecule is Cn1c(COc2ccc(C(C)(C)C)cc2)nnc1SCC(=O)Nc1nnc(C2CCCCC2)s1. The summed E-state index contributed by atoms with van der Waals surface area (Å²) >= 11 is 2.82. The zero-order valence-corrected chi connectivity index (χ0v) is 21.8. The van der Waals surface area contributed by atoms with E-state index in [0.29, 0.717) is 28.6 Å². The molecule has 2 heterocycles. The van der Waals surface area contributed by atoms with Crippen molar-refractivity contribution < 1.29 is 9.53 Å². The summed E-state index contributed by atoms with van der Waals surface area (Å²) in [6.07, 6.45) is 6.13. The molecule has 1 amide bonds. The maximum Gasteiger partial charge on any atom is 0.236 e. The molecule has 1 fully saturated rings. The first kappa shape index (κ1) is 24.7. The normalized spacial score (nSPS) is 14.8. The van der Waals surface area contributed by atoms with E-state index in [4.69, 9.17) is 4.74 Å². The van der Waals surface area contributed by atoms with Gasteiger partial charge in [0.2, 0.25) is 11.0 Å². The van der Waals surface area contributed by atoms with Gasteiger partial charge in [-0.15, -0.1) is 20.4 Å². The predicted octanol–water partition coefficient (Wildman–Crippen LogP) is 5.32. The number of hydrogen-bond donors (Lipinski definition) is 1. The predicted molar refractivity (Wildman–Crippen MR) is 136 cm³/mol. The Morgan fingerprint density at radius 1 is 1.12 bits per heavy atom. The van der Waals surface area contributed by atoms with Crippen molar-refractivity contribution in [3.8, 4) is 5.75 Å². The third-order valence-corrected chi connectivity index (χ3v) is 8.01. The van der Waals surface area contributed by atoms with E-state index in [1.165, 1.54) is 60.8 Å². The van der Waals surface area contributed by atoms with E-state index in [-0.39, 0.29) is 17.1 Å². The molecule has 0 radical (unpaired) electrons. The first-order valence-electron chi connectivity index (χ1n) is 11.7. The number of carbonyl (C=O) groups excluding carboxylic acids is 1. The summed E-state index contributed by atoms with van der Waals surface area (Å²) < 4.78 is 7.74. The highest BCUT2D eigenvalue weighted by molar-refractivity contribution is 7.99. The van der Waals surface area contributed by atoms with Gasteiger partial charge in [-0.2, -0.15) is 0 Å². The van der Waals surface area contributed by atoms with Gasteiger partial charge in [-0.3, -0.25) is 10.1 Å². The second kappa shape index (κ2) is 10.9. The second-order valence-electron chi connectivity index (χ2n) is 9.64. The highest BCUT2D eigenvalue weighted by Crippen LogP contribution is 2.35. The highest BCUT2D eigenvalue weighted by atomic mass is 32.2. The molecule has 2 aromatic heterocycles. The van der Waals surface area contributed by atoms with Gasteiger partial charge in [-0.1, -0.05) is 75.3 Å². The van der Waals surface area contributed by atoms with Crippen LogP contribution in [0.2, 0.25) is 0 Å². The van der Waals surface area contributed by atoms with Gasteiger partial charge in [-0.05, 0) is 36.0 Å². The monoisotopic (exact) mass is 500 g/mol. The molecule has 182 valence electrons. The average molecular weight is 501 g/mol. The van der Waals surface area contributed by atoms with Crippen molar-refractivity contribution in [2.75, 3.05) is 11.1 Å². The van der Waals surface area contributed by atoms with Crippen LogP contribution in [-0.2, 0) is 23.9 Å². The smallest absolute Gasteiger partial charge is 0.236 e. The van der Waals surface area contributed by atoms with Gasteiger partial charge in [0, 0.05) is 13.0 Å². The van der Waals surface area contributed by atoms with Crippen LogP contribution < -0.4 is 10.1 Å². The van der Waals surface area contributed by atoms with Crippen molar-refractivity contribution in [2.45, 2.75) is 76.0 Å². The summed E-state index contributed by atoms with van der Waals surface area (Å²) in [6, 6.07) is 8.12. The number of hydrogen-bond acceptors (Lipinski definition) is 8. The Bertz CT molecular complexity index is 1100. The van der Waals surface area contributed by atoms with Crippen LogP contribution >= 0.6 is 23.1 Å². The van der Waals surface area contributed by atoms with Crippen molar-refractivity contribution in [2.24, 2.45) is 7.05 Å². The van der Waals surface area contributed by atoms with Crippen LogP contribution in [0.1, 0.15) is 75.2 Å². The van der Waals surface area contributed by atoms with Crippen molar-refractivity contribution in [3.05, 3.63) is 40.7 Å². The molecule has 3 aromatic rings. The number of benzene rings is 1. The summed E-state index contributed by atoms with van der Waals surface area (Å²) in [5.41, 5.74) is 1.36. The van der Waals surface area contributed by atoms with Gasteiger partial charge in [0.15, 0.2) is 11.0 Å². The van der Waals surface area contributed by atoms with Crippen molar-refractivity contribution in [3.63, 3.8) is 0 Å². The molecular formula is C24H32N6O2S2. The van der Waals surface area contributed by atoms with E-state index in [1.54, 1.807) is 0 Å². The maximum atomic E-state index is 12.4. The Balaban J connectivity index is 1.25. The molecule has 8 nitrogen and oxygen atoms in total. The fourth-order valence-corrected chi connectivity index (χ4v) is 5.54. The summed E-state index contributed by atoms with van der Waals surface area (Å²) in [7, 11) is 1.88. The molecule has 4 rings (SSSR count). The molecule has 1 saturated carbocycles. The minimum absolute atomic E-state index is 0.105. The molecule has 0 bridgehead atoms. The molecule has 0 saturated heterocycles. The Kier molecular flexibility index (Phi) is 7.88. The number of thioether (sulfide) groups is 1. The van der Waals surface area contributed by atoms with E-state index in [9.17, 15) is 4.79 Å². The third-order valence-electron chi connectivity index (χ3n) is 5.99. The highest BCUT2D eigenvalue weighted by Gasteiger charge is 2.20. The van der Waals surface area contributed by atoms with E-state index in [2.05, 4.69) is 58.6 Å². The standard InChI is InChI=1S/C24H32N6O2S2/c1-24(2,3)17-10-12-18(13-11-17)32-14-19-26-29-23(30(19)4)33-15-20(31)25-22-28-27-21(34-22)16-8-6-5-7-9-16/h10-13,16H,5-9,14-15H2,1-4H3,(H,25,28,31). The van der Waals surface area contributed by atoms with E-state index >= 15 is 0 Å². The van der Waals surface area contributed by atoms with Crippen LogP contribution in [0.25, 0.3) is 0 Å². The van der Waals surface area contributed by atoms with Gasteiger partial charge in [0.05, 0.1) is 5.75 Å². The van der Waals surface area contributed by atoms with Crippen molar-refractivity contribution >= 4 is 34.1 Å². The molecule has 0 unspecified atom stereocenters. The fraction of sp³-hybridized carbons (Fsp3) is 0.542. The van der Waals surface area contributed by atoms with Gasteiger partial charge >= 0.3 is 0 Å². The summed E-state index contributed by atoms with van der Waals surface area (Å²) in [5.74, 6) is 2.07. The molecule has 10 heteroatoms. The number of carbonyl (C=O) groups is 1. The van der Waals surface area contributed by atoms with Crippen LogP contribution in [-0.4, -0.2) is 36.6 Å². The lowest BCUT2D eigenvalue weighted by Crippen LogP contribution is -2.14. The number of aromatic nitrogens is 5. The molecule has 0 aliphatic heterocycles. The van der Waals surface area contributed by atoms with Crippen LogP contribution in [0.3, 0.4) is 0 Å². The van der Waals surface area contributed by atoms with Gasteiger partial charge in [-0.25, -0.2) is 0 Å². The largest absolute Gasteiger partial charge is 0.486 e. The zero-order valence-electron chi connectivity index (χ0n) is 20.2. The number of amides is 1. The van der Waals surface area contributed by atoms with Crippen LogP contribution in [0.5, 0.6) is 5.75 Å². The Morgan fingerprint density at radius 3 is 2.56 bits per heavy atom. The molecule has 1 N–H and O–H groups in total. The Labute approximate surface area is 208 Å². The first-order chi connectivity index (χ1) is 16.3. The van der Waals surface area contributed by atoms with E-state index in [1.807, 2.05) is 23.7 Å². The summed E-state index contributed by atoms with van der Waals surface area (Å²) in [5, 5.41) is 22.0. The number of nitrogens with zero attached hydrogens (tertiary/aromatic N) is 5. The minimum atomic E-state index is -0.129. The first-order valence-corrected chi connectivity index (χ1v) is 13.5. The van der Waals surface area contributed by atoms with Crippen LogP contribution in [0.4, 0.5) is 5.13 Å². The van der Waals surface area contributed by atoms with Gasteiger partial charge < -0.3 is 9.30 Å². The van der Waals surface area contributed by atoms with Crippen LogP contribution in [0, 0.1) is 0 Å². The molecule has 1 aliphatic rings. The van der Waals surface area contributed by atoms with E-state index < -0.39 is 0 Å². The Hall–Kier alpha value is -2.46. The number of anilines is 1. The molecule has 1 aliphatic carbocycles. The molecule has 0 spiro atoms. The van der Waals surface area contributed by atoms with E-state index in [0.717, 1.165) is 10.8 Å². The lowest BCUT2D eigenvalue weighted by atomic mass is 9.87. The summed E-state index contributed by atoms with van der Waals surface area (Å²) in [6.45, 7) is 6.86. The summed E-state index contributed by atoms with van der Waals surface area (Å²) in [4.78, 5) is 12.4. The Morgan fingerprint density at radius 2 is 1.85 bits per heavy atom. The second-order valence-corrected chi connectivity index (χ2v) is 11.6. The number of nitrogens with one attached hydrogen (secondary N) is 1. The third kappa shape index (κ3) is 6.35. The number of rotatable bonds is 8. The van der Waals surface area contributed by atoms with Crippen molar-refractivity contribution in [1.82, 2.24) is 25.0 Å². The number of ether oxygens (including phenoxy) is 1. The zero-order chi connectivity index (χ0) is 24.1. The topological polar surface area (TPSA) is 94.8 Å². The quantitative estimate of drug-likeness (QED) is 0.418. The average Bonchev–Trinajstić information content (AvgIpc) is 3.43. The minimum Gasteiger partial charge on any atom is -0.486 e. The van der Waals surface area contributed by atoms with Crippen LogP contribution in [0.15, 0.2) is 29.4 Å².